The van der Waals surface area contributed by atoms with Gasteiger partial charge in [-0.1, -0.05) is 194 Å². The number of anilines is 6. The summed E-state index contributed by atoms with van der Waals surface area (Å²) < 4.78 is 14.5. The minimum atomic E-state index is 0.730. The molecule has 0 amide bonds. The van der Waals surface area contributed by atoms with Crippen LogP contribution in [0.15, 0.2) is 300 Å². The van der Waals surface area contributed by atoms with Crippen molar-refractivity contribution in [2.24, 2.45) is 0 Å². The largest absolute Gasteiger partial charge is 0.452 e. The minimum absolute atomic E-state index is 0.730. The fraction of sp³-hybridized carbons (Fsp3) is 0. The van der Waals surface area contributed by atoms with Gasteiger partial charge in [0.05, 0.1) is 0 Å². The smallest absolute Gasteiger partial charge is 0.179 e. The molecule has 2 heterocycles. The molecule has 0 unspecified atom stereocenters. The second-order valence-electron chi connectivity index (χ2n) is 20.0. The maximum absolute atomic E-state index is 7.25. The molecule has 4 nitrogen and oxygen atoms in total. The van der Waals surface area contributed by atoms with Crippen LogP contribution in [-0.4, -0.2) is 0 Å². The predicted molar refractivity (Wildman–Crippen MR) is 327 cm³/mol. The van der Waals surface area contributed by atoms with Crippen molar-refractivity contribution in [2.45, 2.75) is 0 Å². The Hall–Kier alpha value is -10.4. The van der Waals surface area contributed by atoms with Crippen LogP contribution in [0.3, 0.4) is 0 Å². The molecule has 0 fully saturated rings. The SMILES string of the molecule is c1ccc(-c2ccc(N(c3ccccc3)c3ccc4cc5c(cc4c3)oc3c4oc6cc7cc(N(c8ccccc8)c8ccc(-c9ccccc9)cc8)ccc7cc6c4c(-c4ccccc4)c(-c4ccccc4)c53)cc2)cc1. The van der Waals surface area contributed by atoms with Crippen LogP contribution >= 0.6 is 0 Å². The normalized spacial score (nSPS) is 11.6. The lowest BCUT2D eigenvalue weighted by Gasteiger charge is -2.26. The Morgan fingerprint density at radius 2 is 0.513 bits per heavy atom. The molecular weight excluding hydrogens is 949 g/mol. The third kappa shape index (κ3) is 7.77. The summed E-state index contributed by atoms with van der Waals surface area (Å²) in [4.78, 5) is 4.65. The van der Waals surface area contributed by atoms with E-state index in [2.05, 4.69) is 301 Å². The molecular formula is C74H48N2O2. The number of para-hydroxylation sites is 2. The number of hydrogen-bond donors (Lipinski definition) is 0. The van der Waals surface area contributed by atoms with Gasteiger partial charge in [-0.05, 0) is 152 Å². The van der Waals surface area contributed by atoms with E-state index in [1.165, 1.54) is 22.3 Å². The van der Waals surface area contributed by atoms with Gasteiger partial charge in [-0.25, -0.2) is 0 Å². The van der Waals surface area contributed by atoms with Crippen LogP contribution in [0.1, 0.15) is 0 Å². The Kier molecular flexibility index (Phi) is 10.8. The highest BCUT2D eigenvalue weighted by Crippen LogP contribution is 2.52. The second kappa shape index (κ2) is 18.7. The molecule has 0 bridgehead atoms. The van der Waals surface area contributed by atoms with Crippen molar-refractivity contribution in [3.8, 4) is 44.5 Å². The van der Waals surface area contributed by atoms with Crippen LogP contribution in [-0.2, 0) is 0 Å². The van der Waals surface area contributed by atoms with Crippen molar-refractivity contribution in [2.75, 3.05) is 9.80 Å². The number of fused-ring (bicyclic) bond motifs is 9. The lowest BCUT2D eigenvalue weighted by atomic mass is 9.87. The van der Waals surface area contributed by atoms with E-state index in [1.807, 2.05) is 0 Å². The van der Waals surface area contributed by atoms with Crippen LogP contribution in [0.4, 0.5) is 34.1 Å². The van der Waals surface area contributed by atoms with Gasteiger partial charge in [-0.15, -0.1) is 0 Å². The fourth-order valence-corrected chi connectivity index (χ4v) is 11.7. The highest BCUT2D eigenvalue weighted by Gasteiger charge is 2.28. The summed E-state index contributed by atoms with van der Waals surface area (Å²) >= 11 is 0. The molecule has 15 aromatic rings. The zero-order valence-corrected chi connectivity index (χ0v) is 42.4. The van der Waals surface area contributed by atoms with Gasteiger partial charge in [0.25, 0.3) is 0 Å². The first-order valence-electron chi connectivity index (χ1n) is 26.6. The van der Waals surface area contributed by atoms with Crippen molar-refractivity contribution < 1.29 is 8.83 Å². The average molecular weight is 997 g/mol. The van der Waals surface area contributed by atoms with E-state index in [9.17, 15) is 0 Å². The van der Waals surface area contributed by atoms with E-state index in [4.69, 9.17) is 8.83 Å². The van der Waals surface area contributed by atoms with Crippen LogP contribution in [0.25, 0.3) is 110 Å². The van der Waals surface area contributed by atoms with E-state index in [0.29, 0.717) is 0 Å². The number of furan rings is 2. The molecule has 0 aliphatic rings. The molecule has 0 saturated heterocycles. The van der Waals surface area contributed by atoms with Crippen LogP contribution in [0.5, 0.6) is 0 Å². The molecule has 0 atom stereocenters. The Labute approximate surface area is 451 Å². The number of benzene rings is 13. The third-order valence-electron chi connectivity index (χ3n) is 15.4. The van der Waals surface area contributed by atoms with E-state index in [-0.39, 0.29) is 0 Å². The Morgan fingerprint density at radius 3 is 0.872 bits per heavy atom. The molecule has 78 heavy (non-hydrogen) atoms. The van der Waals surface area contributed by atoms with Crippen molar-refractivity contribution in [1.82, 2.24) is 0 Å². The monoisotopic (exact) mass is 996 g/mol. The van der Waals surface area contributed by atoms with Crippen molar-refractivity contribution in [1.29, 1.82) is 0 Å². The zero-order valence-electron chi connectivity index (χ0n) is 42.4. The molecule has 0 aliphatic heterocycles. The maximum atomic E-state index is 7.25. The molecule has 0 N–H and O–H groups in total. The lowest BCUT2D eigenvalue weighted by Crippen LogP contribution is -2.09. The van der Waals surface area contributed by atoms with Gasteiger partial charge in [0.1, 0.15) is 11.2 Å². The van der Waals surface area contributed by atoms with Crippen LogP contribution < -0.4 is 9.80 Å². The van der Waals surface area contributed by atoms with Crippen LogP contribution in [0.2, 0.25) is 0 Å². The summed E-state index contributed by atoms with van der Waals surface area (Å²) in [5, 5.41) is 8.51. The Morgan fingerprint density at radius 1 is 0.218 bits per heavy atom. The zero-order chi connectivity index (χ0) is 51.5. The van der Waals surface area contributed by atoms with Crippen molar-refractivity contribution >= 4 is 99.5 Å². The Bertz CT molecular complexity index is 4370. The minimum Gasteiger partial charge on any atom is -0.452 e. The highest BCUT2D eigenvalue weighted by atomic mass is 16.4. The molecule has 0 radical (unpaired) electrons. The maximum Gasteiger partial charge on any atom is 0.179 e. The summed E-state index contributed by atoms with van der Waals surface area (Å²) in [6.07, 6.45) is 0. The first-order chi connectivity index (χ1) is 38.7. The Balaban J connectivity index is 0.923. The number of hydrogen-bond acceptors (Lipinski definition) is 4. The van der Waals surface area contributed by atoms with E-state index in [0.717, 1.165) is 122 Å². The highest BCUT2D eigenvalue weighted by molar-refractivity contribution is 6.31. The molecule has 4 heteroatoms. The number of rotatable bonds is 10. The molecule has 13 aromatic carbocycles. The lowest BCUT2D eigenvalue weighted by molar-refractivity contribution is 0.634. The van der Waals surface area contributed by atoms with E-state index >= 15 is 0 Å². The third-order valence-corrected chi connectivity index (χ3v) is 15.4. The van der Waals surface area contributed by atoms with E-state index < -0.39 is 0 Å². The quantitative estimate of drug-likeness (QED) is 0.137. The second-order valence-corrected chi connectivity index (χ2v) is 20.0. The summed E-state index contributed by atoms with van der Waals surface area (Å²) in [6, 6.07) is 104. The molecule has 366 valence electrons. The molecule has 0 spiro atoms. The van der Waals surface area contributed by atoms with Gasteiger partial charge in [0, 0.05) is 66.8 Å². The average Bonchev–Trinajstić information content (AvgIpc) is 3.73. The van der Waals surface area contributed by atoms with Crippen LogP contribution in [0, 0.1) is 0 Å². The first-order valence-corrected chi connectivity index (χ1v) is 26.6. The standard InChI is InChI=1S/C74H48N2O2/c1-7-19-49(20-8-1)51-31-37-61(38-32-51)75(59-27-15-5-16-28-59)63-41-35-55-45-65-67(47-57(55)43-63)77-73-71(65)69(53-23-11-3-12-24-53)70(54-25-13-4-14-26-54)72-66-46-56-36-42-64(44-58(56)48-68(66)78-74(72)73)76(60-29-17-6-18-30-60)62-39-33-52(34-40-62)50-21-9-2-10-22-50/h1-48H. The fourth-order valence-electron chi connectivity index (χ4n) is 11.7. The van der Waals surface area contributed by atoms with Gasteiger partial charge in [0.15, 0.2) is 11.2 Å². The van der Waals surface area contributed by atoms with Gasteiger partial charge in [-0.2, -0.15) is 0 Å². The summed E-state index contributed by atoms with van der Waals surface area (Å²) in [6.45, 7) is 0. The van der Waals surface area contributed by atoms with Gasteiger partial charge < -0.3 is 18.6 Å². The topological polar surface area (TPSA) is 32.8 Å². The first kappa shape index (κ1) is 45.0. The van der Waals surface area contributed by atoms with Gasteiger partial charge in [-0.3, -0.25) is 0 Å². The van der Waals surface area contributed by atoms with Crippen molar-refractivity contribution in [3.05, 3.63) is 291 Å². The molecule has 0 saturated carbocycles. The van der Waals surface area contributed by atoms with E-state index in [1.54, 1.807) is 0 Å². The number of nitrogens with zero attached hydrogens (tertiary/aromatic N) is 2. The van der Waals surface area contributed by atoms with Crippen molar-refractivity contribution in [3.63, 3.8) is 0 Å². The predicted octanol–water partition coefficient (Wildman–Crippen LogP) is 21.4. The van der Waals surface area contributed by atoms with Gasteiger partial charge in [0.2, 0.25) is 0 Å². The summed E-state index contributed by atoms with van der Waals surface area (Å²) in [7, 11) is 0. The molecule has 2 aromatic heterocycles. The molecule has 15 rings (SSSR count). The summed E-state index contributed by atoms with van der Waals surface area (Å²) in [5.74, 6) is 0. The van der Waals surface area contributed by atoms with Gasteiger partial charge >= 0.3 is 0 Å². The summed E-state index contributed by atoms with van der Waals surface area (Å²) in [5.41, 5.74) is 18.6. The molecule has 0 aliphatic carbocycles.